The molecule has 0 spiro atoms. The maximum atomic E-state index is 12.1. The molecule has 3 nitrogen and oxygen atoms in total. The van der Waals surface area contributed by atoms with E-state index in [4.69, 9.17) is 0 Å². The molecule has 0 aromatic heterocycles. The first-order chi connectivity index (χ1) is 9.49. The van der Waals surface area contributed by atoms with Gasteiger partial charge < -0.3 is 10.6 Å². The zero-order valence-corrected chi connectivity index (χ0v) is 11.2. The van der Waals surface area contributed by atoms with Crippen LogP contribution in [0.5, 0.6) is 0 Å². The first-order valence-corrected chi connectivity index (χ1v) is 6.58. The van der Waals surface area contributed by atoms with Crippen LogP contribution in [-0.4, -0.2) is 31.8 Å². The fourth-order valence-electron chi connectivity index (χ4n) is 2.12. The second-order valence-electron chi connectivity index (χ2n) is 4.87. The van der Waals surface area contributed by atoms with Crippen molar-refractivity contribution < 1.29 is 13.2 Å². The minimum Gasteiger partial charge on any atom is -0.356 e. The van der Waals surface area contributed by atoms with Crippen molar-refractivity contribution in [2.24, 2.45) is 4.99 Å². The lowest BCUT2D eigenvalue weighted by atomic mass is 10.1. The number of halogens is 3. The molecule has 6 heteroatoms. The lowest BCUT2D eigenvalue weighted by Gasteiger charge is -2.12. The fourth-order valence-corrected chi connectivity index (χ4v) is 2.12. The van der Waals surface area contributed by atoms with Crippen molar-refractivity contribution in [3.8, 4) is 0 Å². The SMILES string of the molecule is CN=C(NCCC(F)(F)F)NC1CC1c1ccccc1. The van der Waals surface area contributed by atoms with Crippen molar-refractivity contribution in [2.45, 2.75) is 31.0 Å². The van der Waals surface area contributed by atoms with Crippen molar-refractivity contribution in [3.63, 3.8) is 0 Å². The van der Waals surface area contributed by atoms with Crippen LogP contribution in [0.4, 0.5) is 13.2 Å². The zero-order valence-electron chi connectivity index (χ0n) is 11.2. The van der Waals surface area contributed by atoms with E-state index in [2.05, 4.69) is 27.8 Å². The number of rotatable bonds is 4. The van der Waals surface area contributed by atoms with Crippen LogP contribution >= 0.6 is 0 Å². The summed E-state index contributed by atoms with van der Waals surface area (Å²) in [5, 5.41) is 5.84. The van der Waals surface area contributed by atoms with Gasteiger partial charge in [0.1, 0.15) is 0 Å². The molecule has 2 unspecified atom stereocenters. The molecule has 2 N–H and O–H groups in total. The van der Waals surface area contributed by atoms with Crippen LogP contribution in [0.1, 0.15) is 24.3 Å². The van der Waals surface area contributed by atoms with Gasteiger partial charge in [-0.3, -0.25) is 4.99 Å². The third-order valence-electron chi connectivity index (χ3n) is 3.26. The Balaban J connectivity index is 1.76. The highest BCUT2D eigenvalue weighted by atomic mass is 19.4. The molecule has 0 bridgehead atoms. The predicted molar refractivity (Wildman–Crippen MR) is 72.8 cm³/mol. The minimum absolute atomic E-state index is 0.161. The fraction of sp³-hybridized carbons (Fsp3) is 0.500. The van der Waals surface area contributed by atoms with Crippen LogP contribution in [0.25, 0.3) is 0 Å². The molecule has 1 fully saturated rings. The van der Waals surface area contributed by atoms with Crippen LogP contribution in [0.15, 0.2) is 35.3 Å². The van der Waals surface area contributed by atoms with Crippen molar-refractivity contribution in [3.05, 3.63) is 35.9 Å². The third-order valence-corrected chi connectivity index (χ3v) is 3.26. The molecule has 2 atom stereocenters. The van der Waals surface area contributed by atoms with Gasteiger partial charge in [0, 0.05) is 25.6 Å². The smallest absolute Gasteiger partial charge is 0.356 e. The Bertz CT molecular complexity index is 456. The second-order valence-corrected chi connectivity index (χ2v) is 4.87. The Kier molecular flexibility index (Phi) is 4.52. The Morgan fingerprint density at radius 2 is 2.00 bits per heavy atom. The van der Waals surface area contributed by atoms with Gasteiger partial charge in [0.25, 0.3) is 0 Å². The van der Waals surface area contributed by atoms with Gasteiger partial charge in [-0.1, -0.05) is 30.3 Å². The van der Waals surface area contributed by atoms with Crippen LogP contribution in [0.2, 0.25) is 0 Å². The van der Waals surface area contributed by atoms with E-state index in [1.165, 1.54) is 5.56 Å². The molecule has 0 heterocycles. The van der Waals surface area contributed by atoms with E-state index < -0.39 is 12.6 Å². The average Bonchev–Trinajstić information content (AvgIpc) is 3.16. The molecule has 1 aromatic carbocycles. The van der Waals surface area contributed by atoms with Crippen molar-refractivity contribution in [2.75, 3.05) is 13.6 Å². The lowest BCUT2D eigenvalue weighted by Crippen LogP contribution is -2.40. The first kappa shape index (κ1) is 14.7. The summed E-state index contributed by atoms with van der Waals surface area (Å²) in [5.74, 6) is 0.843. The first-order valence-electron chi connectivity index (χ1n) is 6.58. The van der Waals surface area contributed by atoms with Gasteiger partial charge in [-0.25, -0.2) is 0 Å². The summed E-state index contributed by atoms with van der Waals surface area (Å²) in [5.41, 5.74) is 1.25. The number of aliphatic imine (C=N–C) groups is 1. The van der Waals surface area contributed by atoms with Gasteiger partial charge in [-0.2, -0.15) is 13.2 Å². The largest absolute Gasteiger partial charge is 0.390 e. The van der Waals surface area contributed by atoms with Crippen molar-refractivity contribution >= 4 is 5.96 Å². The van der Waals surface area contributed by atoms with E-state index in [0.29, 0.717) is 11.9 Å². The number of alkyl halides is 3. The van der Waals surface area contributed by atoms with E-state index in [1.54, 1.807) is 7.05 Å². The number of hydrogen-bond acceptors (Lipinski definition) is 1. The maximum absolute atomic E-state index is 12.1. The maximum Gasteiger partial charge on any atom is 0.390 e. The topological polar surface area (TPSA) is 36.4 Å². The predicted octanol–water partition coefficient (Wildman–Crippen LogP) is 2.66. The van der Waals surface area contributed by atoms with Crippen LogP contribution in [0.3, 0.4) is 0 Å². The quantitative estimate of drug-likeness (QED) is 0.659. The Morgan fingerprint density at radius 3 is 2.60 bits per heavy atom. The molecule has 0 amide bonds. The summed E-state index contributed by atoms with van der Waals surface area (Å²) < 4.78 is 36.2. The van der Waals surface area contributed by atoms with Crippen LogP contribution in [-0.2, 0) is 0 Å². The summed E-state index contributed by atoms with van der Waals surface area (Å²) in [4.78, 5) is 3.94. The van der Waals surface area contributed by atoms with E-state index in [-0.39, 0.29) is 12.6 Å². The lowest BCUT2D eigenvalue weighted by molar-refractivity contribution is -0.132. The molecule has 1 aliphatic rings. The highest BCUT2D eigenvalue weighted by Crippen LogP contribution is 2.40. The molecule has 20 heavy (non-hydrogen) atoms. The van der Waals surface area contributed by atoms with E-state index in [1.807, 2.05) is 18.2 Å². The number of benzene rings is 1. The molecular formula is C14H18F3N3. The Morgan fingerprint density at radius 1 is 1.30 bits per heavy atom. The van der Waals surface area contributed by atoms with E-state index >= 15 is 0 Å². The Hall–Kier alpha value is -1.72. The summed E-state index contributed by atoms with van der Waals surface area (Å²) in [6.07, 6.45) is -4.03. The molecular weight excluding hydrogens is 267 g/mol. The zero-order chi connectivity index (χ0) is 14.6. The number of guanidine groups is 1. The second kappa shape index (κ2) is 6.15. The minimum atomic E-state index is -4.14. The average molecular weight is 285 g/mol. The Labute approximate surface area is 116 Å². The van der Waals surface area contributed by atoms with Crippen LogP contribution in [0, 0.1) is 0 Å². The van der Waals surface area contributed by atoms with Crippen molar-refractivity contribution in [1.82, 2.24) is 10.6 Å². The van der Waals surface area contributed by atoms with Crippen molar-refractivity contribution in [1.29, 1.82) is 0 Å². The monoisotopic (exact) mass is 285 g/mol. The summed E-state index contributed by atoms with van der Waals surface area (Å²) in [6, 6.07) is 10.3. The van der Waals surface area contributed by atoms with Gasteiger partial charge in [0.2, 0.25) is 0 Å². The van der Waals surface area contributed by atoms with Gasteiger partial charge in [0.15, 0.2) is 5.96 Å². The molecule has 0 saturated heterocycles. The van der Waals surface area contributed by atoms with E-state index in [9.17, 15) is 13.2 Å². The molecule has 1 aliphatic carbocycles. The molecule has 0 aliphatic heterocycles. The molecule has 2 rings (SSSR count). The highest BCUT2D eigenvalue weighted by molar-refractivity contribution is 5.80. The summed E-state index contributed by atoms with van der Waals surface area (Å²) in [6.45, 7) is -0.161. The van der Waals surface area contributed by atoms with Crippen LogP contribution < -0.4 is 10.6 Å². The number of hydrogen-bond donors (Lipinski definition) is 2. The standard InChI is InChI=1S/C14H18F3N3/c1-18-13(19-8-7-14(15,16)17)20-12-9-11(12)10-5-3-2-4-6-10/h2-6,11-12H,7-9H2,1H3,(H2,18,19,20). The van der Waals surface area contributed by atoms with Gasteiger partial charge in [0.05, 0.1) is 6.42 Å². The molecule has 1 aromatic rings. The highest BCUT2D eigenvalue weighted by Gasteiger charge is 2.38. The normalized spacial score (nSPS) is 22.5. The van der Waals surface area contributed by atoms with Gasteiger partial charge in [-0.15, -0.1) is 0 Å². The van der Waals surface area contributed by atoms with Gasteiger partial charge >= 0.3 is 6.18 Å². The van der Waals surface area contributed by atoms with Gasteiger partial charge in [-0.05, 0) is 12.0 Å². The summed E-state index contributed by atoms with van der Waals surface area (Å²) >= 11 is 0. The van der Waals surface area contributed by atoms with E-state index in [0.717, 1.165) is 6.42 Å². The summed E-state index contributed by atoms with van der Waals surface area (Å²) in [7, 11) is 1.56. The molecule has 1 saturated carbocycles. The molecule has 0 radical (unpaired) electrons. The molecule has 110 valence electrons. The third kappa shape index (κ3) is 4.43. The number of nitrogens with one attached hydrogen (secondary N) is 2. The number of nitrogens with zero attached hydrogens (tertiary/aromatic N) is 1.